The zero-order chi connectivity index (χ0) is 16.2. The average Bonchev–Trinajstić information content (AvgIpc) is 2.37. The van der Waals surface area contributed by atoms with Crippen molar-refractivity contribution >= 4 is 27.7 Å². The summed E-state index contributed by atoms with van der Waals surface area (Å²) < 4.78 is 0.948. The van der Waals surface area contributed by atoms with Crippen LogP contribution in [0.4, 0.5) is 0 Å². The van der Waals surface area contributed by atoms with Gasteiger partial charge in [0.05, 0.1) is 6.04 Å². The molecule has 0 bridgehead atoms. The summed E-state index contributed by atoms with van der Waals surface area (Å²) in [5.41, 5.74) is 0.489. The first-order chi connectivity index (χ1) is 9.62. The third kappa shape index (κ3) is 5.16. The molecule has 4 nitrogen and oxygen atoms in total. The number of rotatable bonds is 4. The summed E-state index contributed by atoms with van der Waals surface area (Å²) >= 11 is 3.47. The van der Waals surface area contributed by atoms with Crippen molar-refractivity contribution in [1.29, 1.82) is 0 Å². The number of halogens is 1. The number of benzene rings is 1. The first-order valence-corrected chi connectivity index (χ1v) is 7.78. The summed E-state index contributed by atoms with van der Waals surface area (Å²) in [6.07, 6.45) is 0. The Balaban J connectivity index is 2.65. The van der Waals surface area contributed by atoms with Gasteiger partial charge in [0.2, 0.25) is 11.8 Å². The molecule has 0 aliphatic heterocycles. The van der Waals surface area contributed by atoms with Crippen LogP contribution >= 0.6 is 15.9 Å². The lowest BCUT2D eigenvalue weighted by Crippen LogP contribution is -2.48. The lowest BCUT2D eigenvalue weighted by molar-refractivity contribution is -0.133. The van der Waals surface area contributed by atoms with E-state index >= 15 is 0 Å². The van der Waals surface area contributed by atoms with Crippen LogP contribution in [0, 0.1) is 5.41 Å². The van der Waals surface area contributed by atoms with Gasteiger partial charge in [-0.1, -0.05) is 54.9 Å². The Kier molecular flexibility index (Phi) is 5.96. The molecular formula is C16H23BrN2O2. The van der Waals surface area contributed by atoms with Gasteiger partial charge in [0.15, 0.2) is 0 Å². The van der Waals surface area contributed by atoms with E-state index in [0.29, 0.717) is 0 Å². The van der Waals surface area contributed by atoms with E-state index in [1.54, 1.807) is 6.92 Å². The van der Waals surface area contributed by atoms with Crippen molar-refractivity contribution in [2.45, 2.75) is 46.7 Å². The number of nitrogens with one attached hydrogen (secondary N) is 2. The van der Waals surface area contributed by atoms with E-state index in [2.05, 4.69) is 26.6 Å². The zero-order valence-electron chi connectivity index (χ0n) is 13.2. The summed E-state index contributed by atoms with van der Waals surface area (Å²) in [5.74, 6) is -0.338. The van der Waals surface area contributed by atoms with Crippen molar-refractivity contribution in [1.82, 2.24) is 10.6 Å². The van der Waals surface area contributed by atoms with Gasteiger partial charge in [0.25, 0.3) is 0 Å². The number of carbonyl (C=O) groups excluding carboxylic acids is 2. The van der Waals surface area contributed by atoms with Crippen molar-refractivity contribution in [3.63, 3.8) is 0 Å². The molecule has 0 saturated heterocycles. The molecule has 21 heavy (non-hydrogen) atoms. The molecule has 0 aliphatic rings. The van der Waals surface area contributed by atoms with Crippen LogP contribution < -0.4 is 10.6 Å². The molecule has 0 radical (unpaired) electrons. The molecule has 2 unspecified atom stereocenters. The lowest BCUT2D eigenvalue weighted by atomic mass is 9.95. The standard InChI is InChI=1S/C16H23BrN2O2/c1-10(12-8-6-7-9-13(12)17)18-14(20)11(2)19-15(21)16(3,4)5/h6-11H,1-5H3,(H,18,20)(H,19,21). The number of carbonyl (C=O) groups is 2. The Morgan fingerprint density at radius 2 is 1.67 bits per heavy atom. The number of amides is 2. The topological polar surface area (TPSA) is 58.2 Å². The normalized spacial score (nSPS) is 14.2. The van der Waals surface area contributed by atoms with Gasteiger partial charge in [-0.25, -0.2) is 0 Å². The minimum atomic E-state index is -0.568. The van der Waals surface area contributed by atoms with E-state index < -0.39 is 11.5 Å². The Bertz CT molecular complexity index is 523. The first-order valence-electron chi connectivity index (χ1n) is 6.98. The van der Waals surface area contributed by atoms with E-state index in [-0.39, 0.29) is 17.9 Å². The molecule has 1 aromatic rings. The fourth-order valence-electron chi connectivity index (χ4n) is 1.72. The van der Waals surface area contributed by atoms with Gasteiger partial charge in [-0.05, 0) is 25.5 Å². The summed E-state index contributed by atoms with van der Waals surface area (Å²) in [6.45, 7) is 9.05. The summed E-state index contributed by atoms with van der Waals surface area (Å²) in [6, 6.07) is 7.03. The summed E-state index contributed by atoms with van der Waals surface area (Å²) in [7, 11) is 0. The van der Waals surface area contributed by atoms with Gasteiger partial charge >= 0.3 is 0 Å². The smallest absolute Gasteiger partial charge is 0.242 e. The third-order valence-corrected chi connectivity index (χ3v) is 3.87. The number of hydrogen-bond donors (Lipinski definition) is 2. The van der Waals surface area contributed by atoms with Crippen LogP contribution in [-0.2, 0) is 9.59 Å². The van der Waals surface area contributed by atoms with E-state index in [9.17, 15) is 9.59 Å². The van der Waals surface area contributed by atoms with Gasteiger partial charge < -0.3 is 10.6 Å². The second kappa shape index (κ2) is 7.07. The van der Waals surface area contributed by atoms with E-state index in [4.69, 9.17) is 0 Å². The van der Waals surface area contributed by atoms with E-state index in [1.165, 1.54) is 0 Å². The second-order valence-corrected chi connectivity index (χ2v) is 7.05. The first kappa shape index (κ1) is 17.7. The van der Waals surface area contributed by atoms with Crippen LogP contribution in [-0.4, -0.2) is 17.9 Å². The fourth-order valence-corrected chi connectivity index (χ4v) is 2.35. The second-order valence-electron chi connectivity index (χ2n) is 6.20. The maximum absolute atomic E-state index is 12.2. The van der Waals surface area contributed by atoms with E-state index in [1.807, 2.05) is 52.0 Å². The summed E-state index contributed by atoms with van der Waals surface area (Å²) in [4.78, 5) is 24.1. The quantitative estimate of drug-likeness (QED) is 0.872. The highest BCUT2D eigenvalue weighted by atomic mass is 79.9. The Morgan fingerprint density at radius 3 is 2.19 bits per heavy atom. The van der Waals surface area contributed by atoms with Crippen molar-refractivity contribution in [3.05, 3.63) is 34.3 Å². The average molecular weight is 355 g/mol. The van der Waals surface area contributed by atoms with Crippen molar-refractivity contribution < 1.29 is 9.59 Å². The third-order valence-electron chi connectivity index (χ3n) is 3.15. The minimum absolute atomic E-state index is 0.137. The molecule has 0 aromatic heterocycles. The molecule has 2 amide bonds. The molecular weight excluding hydrogens is 332 g/mol. The predicted molar refractivity (Wildman–Crippen MR) is 87.8 cm³/mol. The van der Waals surface area contributed by atoms with Gasteiger partial charge in [-0.15, -0.1) is 0 Å². The Labute approximate surface area is 134 Å². The zero-order valence-corrected chi connectivity index (χ0v) is 14.7. The molecule has 0 spiro atoms. The summed E-state index contributed by atoms with van der Waals surface area (Å²) in [5, 5.41) is 5.64. The maximum Gasteiger partial charge on any atom is 0.242 e. The molecule has 0 aliphatic carbocycles. The van der Waals surface area contributed by atoms with E-state index in [0.717, 1.165) is 10.0 Å². The fraction of sp³-hybridized carbons (Fsp3) is 0.500. The lowest BCUT2D eigenvalue weighted by Gasteiger charge is -2.23. The molecule has 1 rings (SSSR count). The highest BCUT2D eigenvalue weighted by molar-refractivity contribution is 9.10. The van der Waals surface area contributed by atoms with Crippen LogP contribution in [0.3, 0.4) is 0 Å². The molecule has 0 saturated carbocycles. The van der Waals surface area contributed by atoms with Gasteiger partial charge in [-0.2, -0.15) is 0 Å². The maximum atomic E-state index is 12.2. The molecule has 1 aromatic carbocycles. The monoisotopic (exact) mass is 354 g/mol. The van der Waals surface area contributed by atoms with Gasteiger partial charge in [-0.3, -0.25) is 9.59 Å². The van der Waals surface area contributed by atoms with Crippen molar-refractivity contribution in [2.24, 2.45) is 5.41 Å². The van der Waals surface area contributed by atoms with Crippen LogP contribution in [0.5, 0.6) is 0 Å². The molecule has 0 heterocycles. The number of hydrogen-bond acceptors (Lipinski definition) is 2. The Morgan fingerprint density at radius 1 is 1.10 bits per heavy atom. The van der Waals surface area contributed by atoms with Gasteiger partial charge in [0, 0.05) is 9.89 Å². The van der Waals surface area contributed by atoms with Crippen LogP contribution in [0.15, 0.2) is 28.7 Å². The predicted octanol–water partition coefficient (Wildman–Crippen LogP) is 3.18. The highest BCUT2D eigenvalue weighted by Crippen LogP contribution is 2.22. The molecule has 5 heteroatoms. The SMILES string of the molecule is CC(NC(=O)C(C)(C)C)C(=O)NC(C)c1ccccc1Br. The van der Waals surface area contributed by atoms with Crippen LogP contribution in [0.2, 0.25) is 0 Å². The largest absolute Gasteiger partial charge is 0.348 e. The van der Waals surface area contributed by atoms with Gasteiger partial charge in [0.1, 0.15) is 6.04 Å². The molecule has 2 N–H and O–H groups in total. The van der Waals surface area contributed by atoms with Crippen molar-refractivity contribution in [2.75, 3.05) is 0 Å². The van der Waals surface area contributed by atoms with Crippen molar-refractivity contribution in [3.8, 4) is 0 Å². The van der Waals surface area contributed by atoms with Crippen LogP contribution in [0.1, 0.15) is 46.2 Å². The Hall–Kier alpha value is -1.36. The molecule has 0 fully saturated rings. The molecule has 2 atom stereocenters. The molecule has 116 valence electrons. The highest BCUT2D eigenvalue weighted by Gasteiger charge is 2.25. The minimum Gasteiger partial charge on any atom is -0.348 e. The van der Waals surface area contributed by atoms with Crippen LogP contribution in [0.25, 0.3) is 0 Å².